The van der Waals surface area contributed by atoms with Crippen LogP contribution in [-0.4, -0.2) is 25.8 Å². The topological polar surface area (TPSA) is 21.3 Å². The Morgan fingerprint density at radius 3 is 2.79 bits per heavy atom. The Labute approximate surface area is 117 Å². The number of benzene rings is 1. The van der Waals surface area contributed by atoms with Gasteiger partial charge in [-0.1, -0.05) is 30.3 Å². The van der Waals surface area contributed by atoms with E-state index >= 15 is 0 Å². The summed E-state index contributed by atoms with van der Waals surface area (Å²) in [5, 5.41) is 3.46. The van der Waals surface area contributed by atoms with E-state index < -0.39 is 0 Å². The predicted molar refractivity (Wildman–Crippen MR) is 80.4 cm³/mol. The first-order valence-electron chi connectivity index (χ1n) is 7.71. The summed E-state index contributed by atoms with van der Waals surface area (Å²) in [7, 11) is 2.09. The molecular weight excluding hydrogens is 234 g/mol. The van der Waals surface area contributed by atoms with E-state index in [0.29, 0.717) is 12.1 Å². The number of hydrogen-bond acceptors (Lipinski definition) is 2. The molecule has 0 radical (unpaired) electrons. The maximum Gasteiger partial charge on any atom is 0.0576 e. The van der Waals surface area contributed by atoms with Crippen LogP contribution in [0.1, 0.15) is 44.1 Å². The second kappa shape index (κ2) is 8.34. The Hall–Kier alpha value is -0.860. The van der Waals surface area contributed by atoms with Gasteiger partial charge in [0.15, 0.2) is 0 Å². The summed E-state index contributed by atoms with van der Waals surface area (Å²) in [6.07, 6.45) is 9.24. The lowest BCUT2D eigenvalue weighted by Gasteiger charge is -2.18. The van der Waals surface area contributed by atoms with Crippen LogP contribution in [0.2, 0.25) is 0 Å². The summed E-state index contributed by atoms with van der Waals surface area (Å²) in [5.41, 5.74) is 1.46. The first-order valence-corrected chi connectivity index (χ1v) is 7.71. The summed E-state index contributed by atoms with van der Waals surface area (Å²) in [4.78, 5) is 0. The van der Waals surface area contributed by atoms with Gasteiger partial charge in [-0.3, -0.25) is 0 Å². The zero-order valence-corrected chi connectivity index (χ0v) is 12.1. The smallest absolute Gasteiger partial charge is 0.0576 e. The van der Waals surface area contributed by atoms with Crippen LogP contribution < -0.4 is 5.32 Å². The van der Waals surface area contributed by atoms with Crippen molar-refractivity contribution in [3.05, 3.63) is 35.9 Å². The minimum atomic E-state index is 0.532. The lowest BCUT2D eigenvalue weighted by Crippen LogP contribution is -2.26. The van der Waals surface area contributed by atoms with E-state index in [1.807, 2.05) is 0 Å². The summed E-state index contributed by atoms with van der Waals surface area (Å²) in [6.45, 7) is 0.975. The fourth-order valence-corrected chi connectivity index (χ4v) is 2.89. The highest BCUT2D eigenvalue weighted by Gasteiger charge is 2.17. The Bertz CT molecular complexity index is 332. The van der Waals surface area contributed by atoms with Gasteiger partial charge in [-0.25, -0.2) is 0 Å². The third kappa shape index (κ3) is 5.33. The van der Waals surface area contributed by atoms with Crippen molar-refractivity contribution in [1.82, 2.24) is 5.32 Å². The van der Waals surface area contributed by atoms with E-state index in [0.717, 1.165) is 6.61 Å². The number of nitrogens with one attached hydrogen (secondary N) is 1. The standard InChI is InChI=1S/C17H27NO/c1-18-16(12-13-17-11-6-14-19-17)10-5-9-15-7-3-2-4-8-15/h2-4,7-8,16-18H,5-6,9-14H2,1H3. The molecule has 2 rings (SSSR count). The molecule has 0 aliphatic carbocycles. The predicted octanol–water partition coefficient (Wildman–Crippen LogP) is 3.56. The molecule has 2 atom stereocenters. The van der Waals surface area contributed by atoms with Crippen molar-refractivity contribution < 1.29 is 4.74 Å². The van der Waals surface area contributed by atoms with Crippen LogP contribution in [0.3, 0.4) is 0 Å². The van der Waals surface area contributed by atoms with Crippen molar-refractivity contribution in [3.8, 4) is 0 Å². The van der Waals surface area contributed by atoms with Crippen LogP contribution in [0.5, 0.6) is 0 Å². The van der Waals surface area contributed by atoms with Gasteiger partial charge < -0.3 is 10.1 Å². The zero-order chi connectivity index (χ0) is 13.3. The maximum absolute atomic E-state index is 5.69. The molecule has 1 heterocycles. The highest BCUT2D eigenvalue weighted by atomic mass is 16.5. The summed E-state index contributed by atoms with van der Waals surface area (Å²) in [6, 6.07) is 11.4. The van der Waals surface area contributed by atoms with Gasteiger partial charge >= 0.3 is 0 Å². The Balaban J connectivity index is 1.61. The van der Waals surface area contributed by atoms with Gasteiger partial charge in [0.25, 0.3) is 0 Å². The molecule has 1 saturated heterocycles. The molecule has 106 valence electrons. The average Bonchev–Trinajstić information content (AvgIpc) is 2.97. The molecular formula is C17H27NO. The first-order chi connectivity index (χ1) is 9.38. The first kappa shape index (κ1) is 14.5. The van der Waals surface area contributed by atoms with E-state index in [9.17, 15) is 0 Å². The number of aryl methyl sites for hydroxylation is 1. The molecule has 2 heteroatoms. The van der Waals surface area contributed by atoms with Crippen LogP contribution in [0, 0.1) is 0 Å². The molecule has 1 N–H and O–H groups in total. The van der Waals surface area contributed by atoms with Crippen LogP contribution in [0.15, 0.2) is 30.3 Å². The van der Waals surface area contributed by atoms with Gasteiger partial charge in [-0.2, -0.15) is 0 Å². The number of hydrogen-bond donors (Lipinski definition) is 1. The monoisotopic (exact) mass is 261 g/mol. The molecule has 2 nitrogen and oxygen atoms in total. The normalized spacial score (nSPS) is 20.6. The molecule has 19 heavy (non-hydrogen) atoms. The van der Waals surface area contributed by atoms with E-state index in [1.165, 1.54) is 50.5 Å². The van der Waals surface area contributed by atoms with Gasteiger partial charge in [-0.05, 0) is 57.6 Å². The highest BCUT2D eigenvalue weighted by Crippen LogP contribution is 2.19. The van der Waals surface area contributed by atoms with Crippen LogP contribution in [0.4, 0.5) is 0 Å². The maximum atomic E-state index is 5.69. The second-order valence-corrected chi connectivity index (χ2v) is 5.58. The van der Waals surface area contributed by atoms with E-state index in [-0.39, 0.29) is 0 Å². The minimum Gasteiger partial charge on any atom is -0.378 e. The lowest BCUT2D eigenvalue weighted by atomic mass is 9.99. The van der Waals surface area contributed by atoms with E-state index in [4.69, 9.17) is 4.74 Å². The second-order valence-electron chi connectivity index (χ2n) is 5.58. The van der Waals surface area contributed by atoms with Crippen LogP contribution in [0.25, 0.3) is 0 Å². The molecule has 1 aliphatic rings. The Kier molecular flexibility index (Phi) is 6.38. The van der Waals surface area contributed by atoms with Crippen LogP contribution >= 0.6 is 0 Å². The summed E-state index contributed by atoms with van der Waals surface area (Å²) >= 11 is 0. The molecule has 0 saturated carbocycles. The van der Waals surface area contributed by atoms with Gasteiger partial charge in [0.2, 0.25) is 0 Å². The third-order valence-corrected chi connectivity index (χ3v) is 4.13. The fourth-order valence-electron chi connectivity index (χ4n) is 2.89. The van der Waals surface area contributed by atoms with Crippen molar-refractivity contribution >= 4 is 0 Å². The fraction of sp³-hybridized carbons (Fsp3) is 0.647. The molecule has 0 spiro atoms. The summed E-state index contributed by atoms with van der Waals surface area (Å²) in [5.74, 6) is 0. The van der Waals surface area contributed by atoms with E-state index in [2.05, 4.69) is 42.7 Å². The minimum absolute atomic E-state index is 0.532. The van der Waals surface area contributed by atoms with E-state index in [1.54, 1.807) is 0 Å². The van der Waals surface area contributed by atoms with Crippen LogP contribution in [-0.2, 0) is 11.2 Å². The molecule has 0 amide bonds. The average molecular weight is 261 g/mol. The quantitative estimate of drug-likeness (QED) is 0.772. The molecule has 1 aromatic rings. The zero-order valence-electron chi connectivity index (χ0n) is 12.1. The highest BCUT2D eigenvalue weighted by molar-refractivity contribution is 5.14. The molecule has 1 aromatic carbocycles. The van der Waals surface area contributed by atoms with Crippen molar-refractivity contribution in [1.29, 1.82) is 0 Å². The van der Waals surface area contributed by atoms with Crippen molar-refractivity contribution in [3.63, 3.8) is 0 Å². The summed E-state index contributed by atoms with van der Waals surface area (Å²) < 4.78 is 5.69. The van der Waals surface area contributed by atoms with Crippen molar-refractivity contribution in [2.75, 3.05) is 13.7 Å². The molecule has 2 unspecified atom stereocenters. The SMILES string of the molecule is CNC(CCCc1ccccc1)CCC1CCCO1. The molecule has 0 bridgehead atoms. The number of rotatable bonds is 8. The van der Waals surface area contributed by atoms with Gasteiger partial charge in [-0.15, -0.1) is 0 Å². The molecule has 1 fully saturated rings. The number of ether oxygens (including phenoxy) is 1. The third-order valence-electron chi connectivity index (χ3n) is 4.13. The van der Waals surface area contributed by atoms with Gasteiger partial charge in [0, 0.05) is 12.6 Å². The lowest BCUT2D eigenvalue weighted by molar-refractivity contribution is 0.0995. The Morgan fingerprint density at radius 1 is 1.26 bits per heavy atom. The Morgan fingerprint density at radius 2 is 2.11 bits per heavy atom. The largest absolute Gasteiger partial charge is 0.378 e. The molecule has 1 aliphatic heterocycles. The van der Waals surface area contributed by atoms with Crippen molar-refractivity contribution in [2.45, 2.75) is 57.1 Å². The van der Waals surface area contributed by atoms with Gasteiger partial charge in [0.05, 0.1) is 6.10 Å². The van der Waals surface area contributed by atoms with Gasteiger partial charge in [0.1, 0.15) is 0 Å². The van der Waals surface area contributed by atoms with Crippen molar-refractivity contribution in [2.24, 2.45) is 0 Å². The molecule has 0 aromatic heterocycles.